The zero-order valence-electron chi connectivity index (χ0n) is 19.7. The van der Waals surface area contributed by atoms with Crippen LogP contribution < -0.4 is 16.0 Å². The Kier molecular flexibility index (Phi) is 8.20. The van der Waals surface area contributed by atoms with E-state index in [2.05, 4.69) is 20.9 Å². The summed E-state index contributed by atoms with van der Waals surface area (Å²) >= 11 is 0. The van der Waals surface area contributed by atoms with Gasteiger partial charge in [0.2, 0.25) is 5.91 Å². The second-order valence-corrected chi connectivity index (χ2v) is 9.39. The molecular weight excluding hydrogens is 439 g/mol. The van der Waals surface area contributed by atoms with Gasteiger partial charge in [0.1, 0.15) is 18.0 Å². The van der Waals surface area contributed by atoms with Gasteiger partial charge >= 0.3 is 6.09 Å². The van der Waals surface area contributed by atoms with Crippen molar-refractivity contribution in [3.63, 3.8) is 0 Å². The highest BCUT2D eigenvalue weighted by molar-refractivity contribution is 5.94. The number of hydrogen-bond donors (Lipinski definition) is 3. The Hall–Kier alpha value is -3.49. The van der Waals surface area contributed by atoms with Gasteiger partial charge in [0, 0.05) is 23.8 Å². The Morgan fingerprint density at radius 1 is 1.03 bits per heavy atom. The normalized spacial score (nSPS) is 18.0. The van der Waals surface area contributed by atoms with Gasteiger partial charge in [-0.3, -0.25) is 14.6 Å². The molecule has 3 amide bonds. The Labute approximate surface area is 198 Å². The molecule has 182 valence electrons. The van der Waals surface area contributed by atoms with Crippen molar-refractivity contribution in [1.82, 2.24) is 20.9 Å². The number of hydrogen-bond acceptors (Lipinski definition) is 5. The zero-order chi connectivity index (χ0) is 24.7. The fourth-order valence-electron chi connectivity index (χ4n) is 3.74. The average molecular weight is 471 g/mol. The van der Waals surface area contributed by atoms with Crippen LogP contribution in [0.4, 0.5) is 9.18 Å². The van der Waals surface area contributed by atoms with Crippen molar-refractivity contribution in [1.29, 1.82) is 0 Å². The Morgan fingerprint density at radius 3 is 2.29 bits per heavy atom. The first-order valence-electron chi connectivity index (χ1n) is 11.4. The van der Waals surface area contributed by atoms with E-state index in [1.165, 1.54) is 18.3 Å². The van der Waals surface area contributed by atoms with E-state index in [4.69, 9.17) is 4.74 Å². The maximum atomic E-state index is 13.4. The van der Waals surface area contributed by atoms with Crippen LogP contribution in [0.5, 0.6) is 0 Å². The standard InChI is InChI=1S/C25H31FN4O4/c1-25(2,3)34-24(33)28-15-22(31)29-19-8-10-20(11-9-19)30-23(32)17-7-12-21(27-14-17)16-5-4-6-18(26)13-16/h4-7,12-14,19-20H,8-11,15H2,1-3H3,(H,28,33)(H,29,31)(H,30,32). The lowest BCUT2D eigenvalue weighted by molar-refractivity contribution is -0.121. The lowest BCUT2D eigenvalue weighted by Crippen LogP contribution is -2.46. The van der Waals surface area contributed by atoms with Crippen LogP contribution in [-0.2, 0) is 9.53 Å². The molecule has 0 radical (unpaired) electrons. The Morgan fingerprint density at radius 2 is 1.71 bits per heavy atom. The molecule has 1 aromatic heterocycles. The van der Waals surface area contributed by atoms with Gasteiger partial charge in [-0.15, -0.1) is 0 Å². The summed E-state index contributed by atoms with van der Waals surface area (Å²) in [5.74, 6) is -0.831. The van der Waals surface area contributed by atoms with Crippen molar-refractivity contribution in [3.8, 4) is 11.3 Å². The summed E-state index contributed by atoms with van der Waals surface area (Å²) in [7, 11) is 0. The van der Waals surface area contributed by atoms with Crippen LogP contribution in [0.2, 0.25) is 0 Å². The van der Waals surface area contributed by atoms with E-state index in [1.807, 2.05) is 0 Å². The van der Waals surface area contributed by atoms with Crippen molar-refractivity contribution >= 4 is 17.9 Å². The third-order valence-electron chi connectivity index (χ3n) is 5.37. The van der Waals surface area contributed by atoms with Crippen molar-refractivity contribution in [2.24, 2.45) is 0 Å². The average Bonchev–Trinajstić information content (AvgIpc) is 2.78. The van der Waals surface area contributed by atoms with Gasteiger partial charge in [0.15, 0.2) is 0 Å². The molecule has 34 heavy (non-hydrogen) atoms. The van der Waals surface area contributed by atoms with Crippen molar-refractivity contribution in [2.75, 3.05) is 6.54 Å². The van der Waals surface area contributed by atoms with Crippen molar-refractivity contribution in [3.05, 3.63) is 54.0 Å². The molecule has 0 bridgehead atoms. The van der Waals surface area contributed by atoms with E-state index >= 15 is 0 Å². The van der Waals surface area contributed by atoms with Crippen LogP contribution >= 0.6 is 0 Å². The van der Waals surface area contributed by atoms with E-state index in [0.29, 0.717) is 16.8 Å². The number of carbonyl (C=O) groups excluding carboxylic acids is 3. The molecule has 3 N–H and O–H groups in total. The number of nitrogens with one attached hydrogen (secondary N) is 3. The minimum absolute atomic E-state index is 0.00318. The first kappa shape index (κ1) is 25.1. The van der Waals surface area contributed by atoms with E-state index in [-0.39, 0.29) is 36.3 Å². The summed E-state index contributed by atoms with van der Waals surface area (Å²) < 4.78 is 18.5. The molecule has 1 fully saturated rings. The minimum atomic E-state index is -0.632. The predicted molar refractivity (Wildman–Crippen MR) is 126 cm³/mol. The number of carbonyl (C=O) groups is 3. The number of nitrogens with zero attached hydrogens (tertiary/aromatic N) is 1. The molecule has 2 aromatic rings. The summed E-state index contributed by atoms with van der Waals surface area (Å²) in [6.07, 6.45) is 3.75. The number of alkyl carbamates (subject to hydrolysis) is 1. The quantitative estimate of drug-likeness (QED) is 0.598. The fourth-order valence-corrected chi connectivity index (χ4v) is 3.74. The van der Waals surface area contributed by atoms with Crippen molar-refractivity contribution in [2.45, 2.75) is 64.1 Å². The molecule has 1 aliphatic carbocycles. The molecule has 8 nitrogen and oxygen atoms in total. The summed E-state index contributed by atoms with van der Waals surface area (Å²) in [5.41, 5.74) is 1.05. The number of benzene rings is 1. The van der Waals surface area contributed by atoms with Gasteiger partial charge in [-0.05, 0) is 70.7 Å². The summed E-state index contributed by atoms with van der Waals surface area (Å²) in [4.78, 5) is 40.6. The first-order chi connectivity index (χ1) is 16.1. The van der Waals surface area contributed by atoms with Gasteiger partial charge in [-0.2, -0.15) is 0 Å². The molecule has 1 saturated carbocycles. The number of rotatable bonds is 6. The molecule has 0 unspecified atom stereocenters. The van der Waals surface area contributed by atoms with Gasteiger partial charge < -0.3 is 20.7 Å². The maximum Gasteiger partial charge on any atom is 0.408 e. The molecule has 1 heterocycles. The smallest absolute Gasteiger partial charge is 0.408 e. The molecule has 9 heteroatoms. The third kappa shape index (κ3) is 7.83. The van der Waals surface area contributed by atoms with Crippen LogP contribution in [-0.4, -0.2) is 47.1 Å². The topological polar surface area (TPSA) is 109 Å². The molecule has 1 aromatic carbocycles. The summed E-state index contributed by atoms with van der Waals surface area (Å²) in [6.45, 7) is 5.11. The molecule has 1 aliphatic rings. The minimum Gasteiger partial charge on any atom is -0.444 e. The van der Waals surface area contributed by atoms with Gasteiger partial charge in [0.05, 0.1) is 11.3 Å². The molecule has 0 aliphatic heterocycles. The molecule has 0 saturated heterocycles. The van der Waals surface area contributed by atoms with E-state index < -0.39 is 11.7 Å². The lowest BCUT2D eigenvalue weighted by Gasteiger charge is -2.29. The molecule has 0 spiro atoms. The summed E-state index contributed by atoms with van der Waals surface area (Å²) in [5, 5.41) is 8.37. The highest BCUT2D eigenvalue weighted by Crippen LogP contribution is 2.20. The molecule has 3 rings (SSSR count). The van der Waals surface area contributed by atoms with Crippen LogP contribution in [0.25, 0.3) is 11.3 Å². The van der Waals surface area contributed by atoms with Crippen LogP contribution in [0, 0.1) is 5.82 Å². The number of ether oxygens (including phenoxy) is 1. The van der Waals surface area contributed by atoms with Gasteiger partial charge in [0.25, 0.3) is 5.91 Å². The third-order valence-corrected chi connectivity index (χ3v) is 5.37. The van der Waals surface area contributed by atoms with Crippen LogP contribution in [0.1, 0.15) is 56.8 Å². The SMILES string of the molecule is CC(C)(C)OC(=O)NCC(=O)NC1CCC(NC(=O)c2ccc(-c3cccc(F)c3)nc2)CC1. The van der Waals surface area contributed by atoms with Gasteiger partial charge in [-0.1, -0.05) is 12.1 Å². The Bertz CT molecular complexity index is 1010. The maximum absolute atomic E-state index is 13.4. The molecular formula is C25H31FN4O4. The largest absolute Gasteiger partial charge is 0.444 e. The van der Waals surface area contributed by atoms with Crippen LogP contribution in [0.3, 0.4) is 0 Å². The van der Waals surface area contributed by atoms with Gasteiger partial charge in [-0.25, -0.2) is 9.18 Å². The van der Waals surface area contributed by atoms with Crippen LogP contribution in [0.15, 0.2) is 42.6 Å². The zero-order valence-corrected chi connectivity index (χ0v) is 19.7. The lowest BCUT2D eigenvalue weighted by atomic mass is 9.91. The van der Waals surface area contributed by atoms with E-state index in [9.17, 15) is 18.8 Å². The number of pyridine rings is 1. The highest BCUT2D eigenvalue weighted by Gasteiger charge is 2.24. The fraction of sp³-hybridized carbons (Fsp3) is 0.440. The van der Waals surface area contributed by atoms with E-state index in [1.54, 1.807) is 45.0 Å². The highest BCUT2D eigenvalue weighted by atomic mass is 19.1. The number of halogens is 1. The second-order valence-electron chi connectivity index (χ2n) is 9.39. The van der Waals surface area contributed by atoms with Crippen molar-refractivity contribution < 1.29 is 23.5 Å². The molecule has 0 atom stereocenters. The number of amides is 3. The predicted octanol–water partition coefficient (Wildman–Crippen LogP) is 3.57. The first-order valence-corrected chi connectivity index (χ1v) is 11.4. The second kappa shape index (κ2) is 11.1. The number of aromatic nitrogens is 1. The monoisotopic (exact) mass is 470 g/mol. The summed E-state index contributed by atoms with van der Waals surface area (Å²) in [6, 6.07) is 9.50. The Balaban J connectivity index is 1.40. The van der Waals surface area contributed by atoms with E-state index in [0.717, 1.165) is 25.7 Å².